The van der Waals surface area contributed by atoms with Crippen LogP contribution in [0.4, 0.5) is 0 Å². The second-order valence-corrected chi connectivity index (χ2v) is 16.7. The maximum Gasteiger partial charge on any atom is 0.472 e. The first kappa shape index (κ1) is 56.9. The first-order valence-electron chi connectivity index (χ1n) is 23.0. The van der Waals surface area contributed by atoms with E-state index in [2.05, 4.69) is 92.1 Å². The maximum atomic E-state index is 12.3. The number of aliphatic hydroxyl groups is 1. The van der Waals surface area contributed by atoms with Gasteiger partial charge in [0.25, 0.3) is 0 Å². The van der Waals surface area contributed by atoms with Gasteiger partial charge in [-0.3, -0.25) is 18.6 Å². The van der Waals surface area contributed by atoms with E-state index in [-0.39, 0.29) is 12.8 Å². The lowest BCUT2D eigenvalue weighted by atomic mass is 10.1. The minimum Gasteiger partial charge on any atom is -0.480 e. The Bertz CT molecular complexity index is 1290. The summed E-state index contributed by atoms with van der Waals surface area (Å²) >= 11 is 0. The van der Waals surface area contributed by atoms with E-state index >= 15 is 0 Å². The Morgan fingerprint density at radius 3 is 1.45 bits per heavy atom. The molecule has 0 aliphatic rings. The highest BCUT2D eigenvalue weighted by Gasteiger charge is 2.28. The number of carbonyl (C=O) groups is 3. The van der Waals surface area contributed by atoms with E-state index in [1.54, 1.807) is 0 Å². The predicted molar refractivity (Wildman–Crippen MR) is 244 cm³/mol. The molecule has 0 radical (unpaired) electrons. The molecule has 11 nitrogen and oxygen atoms in total. The van der Waals surface area contributed by atoms with Crippen molar-refractivity contribution in [2.24, 2.45) is 0 Å². The van der Waals surface area contributed by atoms with Crippen LogP contribution in [0.3, 0.4) is 0 Å². The Balaban J connectivity index is 3.93. The van der Waals surface area contributed by atoms with E-state index in [9.17, 15) is 34.1 Å². The van der Waals surface area contributed by atoms with Crippen molar-refractivity contribution in [3.05, 3.63) is 72.9 Å². The number of aliphatic carboxylic acids is 1. The smallest absolute Gasteiger partial charge is 0.472 e. The summed E-state index contributed by atoms with van der Waals surface area (Å²) in [6.07, 6.45) is 50.6. The SMILES string of the molecule is CC/C=C\C/C=C\C/C=C\CCCCCCCCCC(=O)OCC(O)COP(=O)(O)OCC(NC(=O)CCCCCCCC/C=C\C/C=C\C/C=C\CCCCC)C(=O)O. The third-order valence-electron chi connectivity index (χ3n) is 9.48. The number of esters is 1. The van der Waals surface area contributed by atoms with Crippen molar-refractivity contribution in [3.8, 4) is 0 Å². The van der Waals surface area contributed by atoms with Crippen molar-refractivity contribution in [3.63, 3.8) is 0 Å². The highest BCUT2D eigenvalue weighted by molar-refractivity contribution is 7.47. The number of hydrogen-bond acceptors (Lipinski definition) is 8. The summed E-state index contributed by atoms with van der Waals surface area (Å²) < 4.78 is 26.9. The molecule has 0 saturated heterocycles. The quantitative estimate of drug-likeness (QED) is 0.0201. The number of ether oxygens (including phenoxy) is 1. The van der Waals surface area contributed by atoms with Crippen LogP contribution in [0.5, 0.6) is 0 Å². The van der Waals surface area contributed by atoms with Gasteiger partial charge in [0.2, 0.25) is 5.91 Å². The van der Waals surface area contributed by atoms with E-state index in [0.717, 1.165) is 103 Å². The molecule has 4 N–H and O–H groups in total. The van der Waals surface area contributed by atoms with Gasteiger partial charge in [-0.05, 0) is 83.5 Å². The third-order valence-corrected chi connectivity index (χ3v) is 10.4. The number of allylic oxidation sites excluding steroid dienone is 12. The van der Waals surface area contributed by atoms with Gasteiger partial charge >= 0.3 is 19.8 Å². The molecule has 0 aliphatic carbocycles. The van der Waals surface area contributed by atoms with Crippen LogP contribution in [0.15, 0.2) is 72.9 Å². The summed E-state index contributed by atoms with van der Waals surface area (Å²) in [6.45, 7) is 2.43. The largest absolute Gasteiger partial charge is 0.480 e. The number of carboxylic acid groups (broad SMARTS) is 1. The minimum atomic E-state index is -4.77. The second-order valence-electron chi connectivity index (χ2n) is 15.2. The highest BCUT2D eigenvalue weighted by atomic mass is 31.2. The topological polar surface area (TPSA) is 169 Å². The molecule has 0 bridgehead atoms. The van der Waals surface area contributed by atoms with E-state index < -0.39 is 57.6 Å². The first-order chi connectivity index (χ1) is 29.1. The van der Waals surface area contributed by atoms with E-state index in [0.29, 0.717) is 12.8 Å². The van der Waals surface area contributed by atoms with Gasteiger partial charge in [0.05, 0.1) is 13.2 Å². The molecule has 60 heavy (non-hydrogen) atoms. The zero-order valence-corrected chi connectivity index (χ0v) is 38.1. The zero-order valence-electron chi connectivity index (χ0n) is 37.2. The normalized spacial score (nSPS) is 14.3. The summed E-state index contributed by atoms with van der Waals surface area (Å²) in [4.78, 5) is 46.0. The van der Waals surface area contributed by atoms with Crippen LogP contribution < -0.4 is 5.32 Å². The Kier molecular flexibility index (Phi) is 40.4. The van der Waals surface area contributed by atoms with Crippen LogP contribution in [0, 0.1) is 0 Å². The molecule has 0 fully saturated rings. The van der Waals surface area contributed by atoms with Crippen molar-refractivity contribution >= 4 is 25.7 Å². The molecule has 0 aromatic heterocycles. The molecule has 0 aromatic rings. The van der Waals surface area contributed by atoms with Gasteiger partial charge in [0, 0.05) is 12.8 Å². The number of aliphatic hydroxyl groups excluding tert-OH is 1. The minimum absolute atomic E-state index is 0.127. The summed E-state index contributed by atoms with van der Waals surface area (Å²) in [5.41, 5.74) is 0. The molecular weight excluding hydrogens is 781 g/mol. The third kappa shape index (κ3) is 41.6. The summed E-state index contributed by atoms with van der Waals surface area (Å²) in [6, 6.07) is -1.56. The first-order valence-corrected chi connectivity index (χ1v) is 24.5. The van der Waals surface area contributed by atoms with Crippen molar-refractivity contribution in [1.82, 2.24) is 5.32 Å². The molecule has 0 aliphatic heterocycles. The van der Waals surface area contributed by atoms with Crippen LogP contribution in [0.1, 0.15) is 181 Å². The van der Waals surface area contributed by atoms with Crippen LogP contribution in [-0.4, -0.2) is 64.9 Å². The summed E-state index contributed by atoms with van der Waals surface area (Å²) in [5.74, 6) is -2.41. The Morgan fingerprint density at radius 2 is 0.967 bits per heavy atom. The second kappa shape index (κ2) is 42.6. The molecule has 3 unspecified atom stereocenters. The van der Waals surface area contributed by atoms with Crippen molar-refractivity contribution in [1.29, 1.82) is 0 Å². The molecule has 0 heterocycles. The molecular formula is C48H82NO10P. The van der Waals surface area contributed by atoms with Gasteiger partial charge in [-0.1, -0.05) is 157 Å². The van der Waals surface area contributed by atoms with Crippen LogP contribution in [0.25, 0.3) is 0 Å². The van der Waals surface area contributed by atoms with Gasteiger partial charge in [-0.25, -0.2) is 9.36 Å². The molecule has 0 rings (SSSR count). The van der Waals surface area contributed by atoms with E-state index in [1.807, 2.05) is 0 Å². The molecule has 1 amide bonds. The Labute approximate surface area is 363 Å². The Hall–Kier alpha value is -3.08. The lowest BCUT2D eigenvalue weighted by molar-refractivity contribution is -0.147. The standard InChI is InChI=1S/C48H82NO10P/c1-3-5-7-9-11-13-15-17-19-21-22-24-25-27-29-31-33-35-37-39-46(51)49-45(48(53)54)43-59-60(55,56)58-42-44(50)41-57-47(52)40-38-36-34-32-30-28-26-23-20-18-16-14-12-10-8-6-4-2/h6,8,11-14,17-20,22,24,44-45,50H,3-5,7,9-10,15-16,21,23,25-43H2,1-2H3,(H,49,51)(H,53,54)(H,55,56)/b8-6-,13-11-,14-12-,19-17-,20-18-,24-22-. The number of rotatable bonds is 42. The van der Waals surface area contributed by atoms with Crippen molar-refractivity contribution in [2.75, 3.05) is 19.8 Å². The lowest BCUT2D eigenvalue weighted by Gasteiger charge is -2.18. The predicted octanol–water partition coefficient (Wildman–Crippen LogP) is 12.1. The molecule has 344 valence electrons. The Morgan fingerprint density at radius 1 is 0.550 bits per heavy atom. The lowest BCUT2D eigenvalue weighted by Crippen LogP contribution is -2.43. The van der Waals surface area contributed by atoms with E-state index in [4.69, 9.17) is 13.8 Å². The van der Waals surface area contributed by atoms with Gasteiger partial charge < -0.3 is 25.2 Å². The molecule has 0 aromatic carbocycles. The fourth-order valence-corrected chi connectivity index (χ4v) is 6.70. The van der Waals surface area contributed by atoms with Gasteiger partial charge in [0.15, 0.2) is 6.04 Å². The van der Waals surface area contributed by atoms with Gasteiger partial charge in [0.1, 0.15) is 12.7 Å². The highest BCUT2D eigenvalue weighted by Crippen LogP contribution is 2.43. The average Bonchev–Trinajstić information content (AvgIpc) is 3.22. The molecule has 0 saturated carbocycles. The number of phosphoric ester groups is 1. The van der Waals surface area contributed by atoms with Crippen LogP contribution >= 0.6 is 7.82 Å². The number of phosphoric acid groups is 1. The number of unbranched alkanes of at least 4 members (excludes halogenated alkanes) is 16. The van der Waals surface area contributed by atoms with Gasteiger partial charge in [-0.2, -0.15) is 0 Å². The van der Waals surface area contributed by atoms with Crippen LogP contribution in [-0.2, 0) is 32.7 Å². The van der Waals surface area contributed by atoms with E-state index in [1.165, 1.54) is 38.5 Å². The van der Waals surface area contributed by atoms with Crippen LogP contribution in [0.2, 0.25) is 0 Å². The number of nitrogens with one attached hydrogen (secondary N) is 1. The zero-order chi connectivity index (χ0) is 44.2. The number of carboxylic acids is 1. The van der Waals surface area contributed by atoms with Gasteiger partial charge in [-0.15, -0.1) is 0 Å². The average molecular weight is 864 g/mol. The number of carbonyl (C=O) groups excluding carboxylic acids is 2. The number of hydrogen-bond donors (Lipinski definition) is 4. The van der Waals surface area contributed by atoms with Crippen molar-refractivity contribution in [2.45, 2.75) is 193 Å². The monoisotopic (exact) mass is 864 g/mol. The fraction of sp³-hybridized carbons (Fsp3) is 0.688. The summed E-state index contributed by atoms with van der Waals surface area (Å²) in [7, 11) is -4.77. The molecule has 12 heteroatoms. The molecule has 3 atom stereocenters. The molecule has 0 spiro atoms. The number of amides is 1. The van der Waals surface area contributed by atoms with Crippen molar-refractivity contribution < 1.29 is 47.8 Å². The maximum absolute atomic E-state index is 12.3. The fourth-order valence-electron chi connectivity index (χ4n) is 5.92. The summed E-state index contributed by atoms with van der Waals surface area (Å²) in [5, 5.41) is 21.9.